The third-order valence-corrected chi connectivity index (χ3v) is 6.24. The summed E-state index contributed by atoms with van der Waals surface area (Å²) in [6.45, 7) is 5.50. The Kier molecular flexibility index (Phi) is 5.22. The van der Waals surface area contributed by atoms with Crippen LogP contribution in [0.5, 0.6) is 5.75 Å². The second kappa shape index (κ2) is 8.17. The highest BCUT2D eigenvalue weighted by atomic mass is 16.5. The number of ether oxygens (including phenoxy) is 1. The van der Waals surface area contributed by atoms with Crippen molar-refractivity contribution in [2.45, 2.75) is 51.6 Å². The molecule has 5 rings (SSSR count). The monoisotopic (exact) mass is 416 g/mol. The molecule has 0 unspecified atom stereocenters. The van der Waals surface area contributed by atoms with Crippen LogP contribution in [0.15, 0.2) is 48.5 Å². The van der Waals surface area contributed by atoms with Gasteiger partial charge in [-0.15, -0.1) is 5.10 Å². The van der Waals surface area contributed by atoms with Crippen molar-refractivity contribution in [2.75, 3.05) is 13.1 Å². The second-order valence-corrected chi connectivity index (χ2v) is 8.72. The number of carbonyl (C=O) groups is 1. The van der Waals surface area contributed by atoms with Gasteiger partial charge in [0.2, 0.25) is 0 Å². The van der Waals surface area contributed by atoms with Crippen molar-refractivity contribution in [1.82, 2.24) is 19.9 Å². The third-order valence-electron chi connectivity index (χ3n) is 6.24. The zero-order valence-corrected chi connectivity index (χ0v) is 18.1. The fraction of sp³-hybridized carbons (Fsp3) is 0.400. The SMILES string of the molecule is Cc1ccc(C)c(OC2CCN(C(=O)c3nnn(-c4ccccc4)c3C3CC3)CC2)c1. The van der Waals surface area contributed by atoms with Crippen LogP contribution in [0.2, 0.25) is 0 Å². The van der Waals surface area contributed by atoms with Crippen LogP contribution in [0.3, 0.4) is 0 Å². The molecule has 0 atom stereocenters. The highest BCUT2D eigenvalue weighted by molar-refractivity contribution is 5.93. The Hall–Kier alpha value is -3.15. The van der Waals surface area contributed by atoms with E-state index in [9.17, 15) is 4.79 Å². The molecule has 1 saturated heterocycles. The molecule has 2 heterocycles. The molecule has 0 radical (unpaired) electrons. The Morgan fingerprint density at radius 1 is 1.00 bits per heavy atom. The molecule has 1 aliphatic heterocycles. The van der Waals surface area contributed by atoms with Crippen LogP contribution in [0.25, 0.3) is 5.69 Å². The van der Waals surface area contributed by atoms with Crippen LogP contribution >= 0.6 is 0 Å². The molecule has 2 aromatic carbocycles. The maximum absolute atomic E-state index is 13.3. The standard InChI is InChI=1S/C25H28N4O2/c1-17-8-9-18(2)22(16-17)31-21-12-14-28(15-13-21)25(30)23-24(19-10-11-19)29(27-26-23)20-6-4-3-5-7-20/h3-9,16,19,21H,10-15H2,1-2H3. The third kappa shape index (κ3) is 4.07. The van der Waals surface area contributed by atoms with Crippen LogP contribution in [0.4, 0.5) is 0 Å². The van der Waals surface area contributed by atoms with Crippen LogP contribution < -0.4 is 4.74 Å². The van der Waals surface area contributed by atoms with Crippen LogP contribution in [-0.4, -0.2) is 45.0 Å². The Labute approximate surface area is 182 Å². The van der Waals surface area contributed by atoms with Crippen molar-refractivity contribution < 1.29 is 9.53 Å². The molecule has 2 aliphatic rings. The van der Waals surface area contributed by atoms with E-state index in [0.29, 0.717) is 24.7 Å². The Morgan fingerprint density at radius 3 is 2.45 bits per heavy atom. The first-order chi connectivity index (χ1) is 15.1. The highest BCUT2D eigenvalue weighted by Gasteiger charge is 2.36. The molecule has 2 fully saturated rings. The topological polar surface area (TPSA) is 60.2 Å². The average Bonchev–Trinajstić information content (AvgIpc) is 3.54. The van der Waals surface area contributed by atoms with Gasteiger partial charge in [0.25, 0.3) is 5.91 Å². The number of likely N-dealkylation sites (tertiary alicyclic amines) is 1. The van der Waals surface area contributed by atoms with Gasteiger partial charge in [-0.1, -0.05) is 35.5 Å². The van der Waals surface area contributed by atoms with Crippen molar-refractivity contribution in [3.8, 4) is 11.4 Å². The number of carbonyl (C=O) groups excluding carboxylic acids is 1. The number of rotatable bonds is 5. The number of aryl methyl sites for hydroxylation is 2. The summed E-state index contributed by atoms with van der Waals surface area (Å²) in [7, 11) is 0. The van der Waals surface area contributed by atoms with Crippen molar-refractivity contribution in [1.29, 1.82) is 0 Å². The fourth-order valence-corrected chi connectivity index (χ4v) is 4.26. The summed E-state index contributed by atoms with van der Waals surface area (Å²) < 4.78 is 8.11. The number of para-hydroxylation sites is 1. The lowest BCUT2D eigenvalue weighted by atomic mass is 10.1. The quantitative estimate of drug-likeness (QED) is 0.617. The summed E-state index contributed by atoms with van der Waals surface area (Å²) in [5.74, 6) is 1.32. The molecule has 0 N–H and O–H groups in total. The lowest BCUT2D eigenvalue weighted by molar-refractivity contribution is 0.0587. The lowest BCUT2D eigenvalue weighted by Crippen LogP contribution is -2.42. The maximum atomic E-state index is 13.3. The van der Waals surface area contributed by atoms with Crippen LogP contribution in [0.1, 0.15) is 58.9 Å². The average molecular weight is 417 g/mol. The number of aromatic nitrogens is 3. The van der Waals surface area contributed by atoms with Gasteiger partial charge in [-0.3, -0.25) is 4.79 Å². The number of benzene rings is 2. The van der Waals surface area contributed by atoms with Gasteiger partial charge < -0.3 is 9.64 Å². The van der Waals surface area contributed by atoms with Crippen molar-refractivity contribution in [3.63, 3.8) is 0 Å². The number of piperidine rings is 1. The summed E-state index contributed by atoms with van der Waals surface area (Å²) in [4.78, 5) is 15.2. The van der Waals surface area contributed by atoms with E-state index in [1.54, 1.807) is 0 Å². The van der Waals surface area contributed by atoms with Gasteiger partial charge >= 0.3 is 0 Å². The van der Waals surface area contributed by atoms with Gasteiger partial charge in [0.15, 0.2) is 5.69 Å². The molecule has 31 heavy (non-hydrogen) atoms. The van der Waals surface area contributed by atoms with Gasteiger partial charge in [-0.25, -0.2) is 4.68 Å². The number of nitrogens with zero attached hydrogens (tertiary/aromatic N) is 4. The molecular weight excluding hydrogens is 388 g/mol. The maximum Gasteiger partial charge on any atom is 0.276 e. The Morgan fingerprint density at radius 2 is 1.74 bits per heavy atom. The normalized spacial score (nSPS) is 17.0. The smallest absolute Gasteiger partial charge is 0.276 e. The van der Waals surface area contributed by atoms with Gasteiger partial charge in [0.1, 0.15) is 11.9 Å². The Bertz CT molecular complexity index is 1080. The minimum Gasteiger partial charge on any atom is -0.490 e. The van der Waals surface area contributed by atoms with Gasteiger partial charge in [0.05, 0.1) is 11.4 Å². The first-order valence-corrected chi connectivity index (χ1v) is 11.1. The van der Waals surface area contributed by atoms with Gasteiger partial charge in [0, 0.05) is 31.8 Å². The van der Waals surface area contributed by atoms with E-state index in [-0.39, 0.29) is 12.0 Å². The summed E-state index contributed by atoms with van der Waals surface area (Å²) in [6, 6.07) is 16.2. The molecule has 1 saturated carbocycles. The minimum atomic E-state index is -0.00531. The Balaban J connectivity index is 1.29. The van der Waals surface area contributed by atoms with E-state index < -0.39 is 0 Å². The van der Waals surface area contributed by atoms with Gasteiger partial charge in [-0.2, -0.15) is 0 Å². The van der Waals surface area contributed by atoms with E-state index in [1.807, 2.05) is 39.9 Å². The first-order valence-electron chi connectivity index (χ1n) is 11.1. The molecule has 1 amide bonds. The fourth-order valence-electron chi connectivity index (χ4n) is 4.26. The van der Waals surface area contributed by atoms with E-state index >= 15 is 0 Å². The number of amides is 1. The molecule has 6 nitrogen and oxygen atoms in total. The lowest BCUT2D eigenvalue weighted by Gasteiger charge is -2.32. The predicted octanol–water partition coefficient (Wildman–Crippen LogP) is 4.45. The minimum absolute atomic E-state index is 0.00531. The van der Waals surface area contributed by atoms with Crippen molar-refractivity contribution in [3.05, 3.63) is 71.0 Å². The summed E-state index contributed by atoms with van der Waals surface area (Å²) in [5, 5.41) is 8.67. The molecule has 160 valence electrons. The zero-order valence-electron chi connectivity index (χ0n) is 18.1. The van der Waals surface area contributed by atoms with Crippen LogP contribution in [-0.2, 0) is 0 Å². The van der Waals surface area contributed by atoms with E-state index in [2.05, 4.69) is 42.4 Å². The highest BCUT2D eigenvalue weighted by Crippen LogP contribution is 2.42. The van der Waals surface area contributed by atoms with E-state index in [4.69, 9.17) is 4.74 Å². The molecule has 1 aliphatic carbocycles. The molecule has 6 heteroatoms. The molecule has 0 spiro atoms. The molecule has 3 aromatic rings. The van der Waals surface area contributed by atoms with Crippen LogP contribution in [0, 0.1) is 13.8 Å². The first kappa shape index (κ1) is 19.8. The summed E-state index contributed by atoms with van der Waals surface area (Å²) in [5.41, 5.74) is 4.78. The number of hydrogen-bond acceptors (Lipinski definition) is 4. The van der Waals surface area contributed by atoms with E-state index in [0.717, 1.165) is 48.4 Å². The number of hydrogen-bond donors (Lipinski definition) is 0. The second-order valence-electron chi connectivity index (χ2n) is 8.72. The summed E-state index contributed by atoms with van der Waals surface area (Å²) in [6.07, 6.45) is 3.96. The summed E-state index contributed by atoms with van der Waals surface area (Å²) >= 11 is 0. The van der Waals surface area contributed by atoms with E-state index in [1.165, 1.54) is 5.56 Å². The zero-order chi connectivity index (χ0) is 21.4. The van der Waals surface area contributed by atoms with Crippen molar-refractivity contribution >= 4 is 5.91 Å². The molecular formula is C25H28N4O2. The van der Waals surface area contributed by atoms with Crippen molar-refractivity contribution in [2.24, 2.45) is 0 Å². The van der Waals surface area contributed by atoms with Gasteiger partial charge in [-0.05, 0) is 56.0 Å². The molecule has 1 aromatic heterocycles. The largest absolute Gasteiger partial charge is 0.490 e. The molecule has 0 bridgehead atoms. The predicted molar refractivity (Wildman–Crippen MR) is 119 cm³/mol.